The van der Waals surface area contributed by atoms with Crippen LogP contribution < -0.4 is 0 Å². The van der Waals surface area contributed by atoms with Crippen molar-refractivity contribution in [3.63, 3.8) is 0 Å². The number of methoxy groups -OCH3 is 4. The number of halogens is 3. The molecule has 0 N–H and O–H groups in total. The summed E-state index contributed by atoms with van der Waals surface area (Å²) in [7, 11) is 5.46. The quantitative estimate of drug-likeness (QED) is 0.425. The summed E-state index contributed by atoms with van der Waals surface area (Å²) in [5.41, 5.74) is 0. The molecule has 7 heteroatoms. The third kappa shape index (κ3) is 3.37. The molecule has 90 valence electrons. The molecule has 0 unspecified atom stereocenters. The Morgan fingerprint density at radius 2 is 1.40 bits per heavy atom. The third-order valence-electron chi connectivity index (χ3n) is 1.71. The van der Waals surface area contributed by atoms with Crippen LogP contribution in [0.15, 0.2) is 10.8 Å². The monoisotopic (exact) mass is 278 g/mol. The van der Waals surface area contributed by atoms with Crippen LogP contribution in [0.25, 0.3) is 0 Å². The van der Waals surface area contributed by atoms with Crippen molar-refractivity contribution in [2.45, 2.75) is 10.8 Å². The van der Waals surface area contributed by atoms with Crippen molar-refractivity contribution < 1.29 is 18.9 Å². The lowest BCUT2D eigenvalue weighted by molar-refractivity contribution is -0.323. The number of rotatable bonds is 6. The summed E-state index contributed by atoms with van der Waals surface area (Å²) in [5, 5.41) is -0.00694. The van der Waals surface area contributed by atoms with Crippen LogP contribution in [0, 0.1) is 0 Å². The van der Waals surface area contributed by atoms with Crippen LogP contribution in [0.2, 0.25) is 0 Å². The van der Waals surface area contributed by atoms with Crippen molar-refractivity contribution in [2.75, 3.05) is 28.4 Å². The van der Waals surface area contributed by atoms with Gasteiger partial charge in [0.25, 0.3) is 0 Å². The maximum Gasteiger partial charge on any atom is 0.325 e. The number of hydrogen-bond acceptors (Lipinski definition) is 4. The van der Waals surface area contributed by atoms with Gasteiger partial charge >= 0.3 is 5.97 Å². The molecule has 0 aliphatic rings. The molecule has 0 aliphatic carbocycles. The summed E-state index contributed by atoms with van der Waals surface area (Å²) < 4.78 is 19.9. The zero-order chi connectivity index (χ0) is 12.1. The lowest BCUT2D eigenvalue weighted by Gasteiger charge is -2.29. The molecule has 0 atom stereocenters. The van der Waals surface area contributed by atoms with Gasteiger partial charge < -0.3 is 18.9 Å². The minimum atomic E-state index is -1.56. The molecule has 0 aromatic carbocycles. The Labute approximate surface area is 104 Å². The zero-order valence-electron chi connectivity index (χ0n) is 8.84. The highest BCUT2D eigenvalue weighted by molar-refractivity contribution is 6.46. The first kappa shape index (κ1) is 15.3. The fourth-order valence-electron chi connectivity index (χ4n) is 0.944. The predicted molar refractivity (Wildman–Crippen MR) is 59.1 cm³/mol. The predicted octanol–water partition coefficient (Wildman–Crippen LogP) is 2.48. The Morgan fingerprint density at radius 1 is 1.00 bits per heavy atom. The van der Waals surface area contributed by atoms with Gasteiger partial charge in [-0.1, -0.05) is 34.8 Å². The van der Waals surface area contributed by atoms with Crippen molar-refractivity contribution in [2.24, 2.45) is 0 Å². The number of allylic oxidation sites excluding steroid dienone is 1. The summed E-state index contributed by atoms with van der Waals surface area (Å²) in [6, 6.07) is 0. The van der Waals surface area contributed by atoms with Gasteiger partial charge in [0, 0.05) is 21.3 Å². The summed E-state index contributed by atoms with van der Waals surface area (Å²) in [5.74, 6) is -1.46. The average Bonchev–Trinajstić information content (AvgIpc) is 2.22. The second-order valence-corrected chi connectivity index (χ2v) is 3.83. The number of hydrogen-bond donors (Lipinski definition) is 0. The van der Waals surface area contributed by atoms with E-state index in [1.807, 2.05) is 0 Å². The first-order chi connectivity index (χ1) is 6.98. The lowest BCUT2D eigenvalue weighted by Crippen LogP contribution is -2.37. The van der Waals surface area contributed by atoms with E-state index in [1.54, 1.807) is 0 Å². The van der Waals surface area contributed by atoms with Crippen LogP contribution in [0.3, 0.4) is 0 Å². The van der Waals surface area contributed by atoms with E-state index in [9.17, 15) is 0 Å². The van der Waals surface area contributed by atoms with Gasteiger partial charge in [0.1, 0.15) is 5.03 Å². The molecule has 0 fully saturated rings. The maximum absolute atomic E-state index is 5.98. The van der Waals surface area contributed by atoms with Crippen LogP contribution in [0.5, 0.6) is 0 Å². The second kappa shape index (κ2) is 6.78. The molecular weight excluding hydrogens is 266 g/mol. The summed E-state index contributed by atoms with van der Waals surface area (Å²) in [6.07, 6.45) is 0. The van der Waals surface area contributed by atoms with E-state index in [0.29, 0.717) is 0 Å². The highest BCUT2D eigenvalue weighted by atomic mass is 35.5. The number of ether oxygens (including phenoxy) is 4. The molecular formula is C8H13Cl3O4. The molecule has 0 amide bonds. The third-order valence-corrected chi connectivity index (χ3v) is 2.52. The molecule has 4 nitrogen and oxygen atoms in total. The van der Waals surface area contributed by atoms with Crippen LogP contribution in [0.4, 0.5) is 0 Å². The van der Waals surface area contributed by atoms with E-state index >= 15 is 0 Å². The summed E-state index contributed by atoms with van der Waals surface area (Å²) in [6.45, 7) is 0. The highest BCUT2D eigenvalue weighted by Gasteiger charge is 2.38. The first-order valence-electron chi connectivity index (χ1n) is 3.86. The van der Waals surface area contributed by atoms with Gasteiger partial charge in [-0.2, -0.15) is 0 Å². The van der Waals surface area contributed by atoms with Crippen molar-refractivity contribution in [3.05, 3.63) is 10.8 Å². The minimum absolute atomic E-state index is 0.00694. The van der Waals surface area contributed by atoms with Gasteiger partial charge in [0.15, 0.2) is 10.6 Å². The van der Waals surface area contributed by atoms with E-state index in [-0.39, 0.29) is 10.8 Å². The second-order valence-electron chi connectivity index (χ2n) is 2.35. The molecule has 0 aliphatic heterocycles. The van der Waals surface area contributed by atoms with Crippen molar-refractivity contribution >= 4 is 34.8 Å². The van der Waals surface area contributed by atoms with Crippen molar-refractivity contribution in [1.82, 2.24) is 0 Å². The lowest BCUT2D eigenvalue weighted by atomic mass is 10.4. The zero-order valence-corrected chi connectivity index (χ0v) is 11.1. The fraction of sp³-hybridized carbons (Fsp3) is 0.750. The summed E-state index contributed by atoms with van der Waals surface area (Å²) in [4.78, 5) is -0.942. The fourth-order valence-corrected chi connectivity index (χ4v) is 1.87. The molecule has 0 spiro atoms. The van der Waals surface area contributed by atoms with Crippen LogP contribution in [0.1, 0.15) is 0 Å². The van der Waals surface area contributed by atoms with Crippen molar-refractivity contribution in [1.29, 1.82) is 0 Å². The molecule has 0 rings (SSSR count). The molecule has 0 aromatic rings. The SMILES string of the molecule is COC(=C(Cl)C(OC)(OC)OC)C(Cl)Cl. The topological polar surface area (TPSA) is 36.9 Å². The Kier molecular flexibility index (Phi) is 6.91. The largest absolute Gasteiger partial charge is 0.497 e. The van der Waals surface area contributed by atoms with E-state index in [4.69, 9.17) is 53.8 Å². The van der Waals surface area contributed by atoms with Crippen molar-refractivity contribution in [3.8, 4) is 0 Å². The van der Waals surface area contributed by atoms with Gasteiger partial charge in [-0.25, -0.2) is 0 Å². The van der Waals surface area contributed by atoms with Crippen LogP contribution in [-0.2, 0) is 18.9 Å². The van der Waals surface area contributed by atoms with Gasteiger partial charge in [-0.05, 0) is 0 Å². The van der Waals surface area contributed by atoms with Crippen LogP contribution in [-0.4, -0.2) is 39.2 Å². The van der Waals surface area contributed by atoms with Gasteiger partial charge in [-0.15, -0.1) is 0 Å². The standard InChI is InChI=1S/C8H13Cl3O4/c1-12-5(7(10)11)6(9)8(13-2,14-3)15-4/h7H,1-4H3. The van der Waals surface area contributed by atoms with E-state index < -0.39 is 10.8 Å². The normalized spacial score (nSPS) is 14.1. The van der Waals surface area contributed by atoms with Gasteiger partial charge in [0.2, 0.25) is 0 Å². The van der Waals surface area contributed by atoms with E-state index in [2.05, 4.69) is 0 Å². The van der Waals surface area contributed by atoms with Gasteiger partial charge in [-0.3, -0.25) is 0 Å². The molecule has 0 bridgehead atoms. The molecule has 0 saturated heterocycles. The average molecular weight is 280 g/mol. The van der Waals surface area contributed by atoms with E-state index in [1.165, 1.54) is 28.4 Å². The summed E-state index contributed by atoms with van der Waals surface area (Å²) >= 11 is 17.3. The van der Waals surface area contributed by atoms with E-state index in [0.717, 1.165) is 0 Å². The van der Waals surface area contributed by atoms with Crippen LogP contribution >= 0.6 is 34.8 Å². The number of alkyl halides is 2. The minimum Gasteiger partial charge on any atom is -0.497 e. The molecule has 0 radical (unpaired) electrons. The molecule has 0 saturated carbocycles. The molecule has 15 heavy (non-hydrogen) atoms. The smallest absolute Gasteiger partial charge is 0.325 e. The van der Waals surface area contributed by atoms with Gasteiger partial charge in [0.05, 0.1) is 7.11 Å². The highest BCUT2D eigenvalue weighted by Crippen LogP contribution is 2.33. The Morgan fingerprint density at radius 3 is 1.60 bits per heavy atom. The molecule has 0 heterocycles. The Balaban J connectivity index is 5.29. The first-order valence-corrected chi connectivity index (χ1v) is 5.11. The molecule has 0 aromatic heterocycles. The Bertz CT molecular complexity index is 218. The maximum atomic E-state index is 5.98. The Hall–Kier alpha value is 0.290.